The number of primary amides is 1. The van der Waals surface area contributed by atoms with Crippen molar-refractivity contribution in [2.24, 2.45) is 5.73 Å². The fourth-order valence-corrected chi connectivity index (χ4v) is 1.27. The number of nitrogens with two attached hydrogens (primary N) is 3. The standard InChI is InChI=1S/C8H9N7O2/c9-3-1-15(14-5(3)6(11)16)7-4(10)8(17)13-2-12-7/h1-2H,9-10H2,(H2,11,16)(H,12,13,17). The number of carbonyl (C=O) groups is 1. The molecule has 9 heteroatoms. The van der Waals surface area contributed by atoms with Crippen LogP contribution in [0.25, 0.3) is 5.82 Å². The zero-order valence-corrected chi connectivity index (χ0v) is 8.54. The van der Waals surface area contributed by atoms with Crippen LogP contribution in [0.15, 0.2) is 17.3 Å². The monoisotopic (exact) mass is 235 g/mol. The Labute approximate surface area is 94.2 Å². The molecule has 0 atom stereocenters. The van der Waals surface area contributed by atoms with Crippen LogP contribution in [-0.2, 0) is 0 Å². The number of rotatable bonds is 2. The molecular weight excluding hydrogens is 226 g/mol. The van der Waals surface area contributed by atoms with E-state index in [0.29, 0.717) is 0 Å². The summed E-state index contributed by atoms with van der Waals surface area (Å²) in [6.07, 6.45) is 2.47. The third-order valence-corrected chi connectivity index (χ3v) is 2.06. The molecule has 88 valence electrons. The summed E-state index contributed by atoms with van der Waals surface area (Å²) in [5.74, 6) is -0.697. The number of hydrogen-bond donors (Lipinski definition) is 4. The van der Waals surface area contributed by atoms with E-state index < -0.39 is 11.5 Å². The molecule has 0 fully saturated rings. The number of H-pyrrole nitrogens is 1. The molecule has 0 saturated heterocycles. The molecule has 0 aliphatic carbocycles. The molecule has 17 heavy (non-hydrogen) atoms. The first-order chi connectivity index (χ1) is 8.00. The van der Waals surface area contributed by atoms with Gasteiger partial charge in [0.15, 0.2) is 11.5 Å². The van der Waals surface area contributed by atoms with E-state index in [0.717, 1.165) is 11.0 Å². The molecule has 1 amide bonds. The number of aromatic nitrogens is 4. The average Bonchev–Trinajstić information content (AvgIpc) is 2.64. The van der Waals surface area contributed by atoms with Gasteiger partial charge < -0.3 is 22.2 Å². The molecule has 0 radical (unpaired) electrons. The van der Waals surface area contributed by atoms with E-state index in [-0.39, 0.29) is 22.9 Å². The molecule has 0 saturated carbocycles. The van der Waals surface area contributed by atoms with E-state index in [4.69, 9.17) is 17.2 Å². The molecule has 0 aliphatic heterocycles. The van der Waals surface area contributed by atoms with E-state index in [1.54, 1.807) is 0 Å². The van der Waals surface area contributed by atoms with Crippen molar-refractivity contribution in [3.63, 3.8) is 0 Å². The number of carbonyl (C=O) groups excluding carboxylic acids is 1. The summed E-state index contributed by atoms with van der Waals surface area (Å²) in [6.45, 7) is 0. The lowest BCUT2D eigenvalue weighted by Crippen LogP contribution is -2.18. The van der Waals surface area contributed by atoms with Gasteiger partial charge in [0.05, 0.1) is 18.2 Å². The summed E-state index contributed by atoms with van der Waals surface area (Å²) in [7, 11) is 0. The van der Waals surface area contributed by atoms with E-state index in [9.17, 15) is 9.59 Å². The Hall–Kier alpha value is -2.84. The number of nitrogens with one attached hydrogen (secondary N) is 1. The minimum Gasteiger partial charge on any atom is -0.396 e. The van der Waals surface area contributed by atoms with Crippen LogP contribution in [0.5, 0.6) is 0 Å². The summed E-state index contributed by atoms with van der Waals surface area (Å²) >= 11 is 0. The summed E-state index contributed by atoms with van der Waals surface area (Å²) in [6, 6.07) is 0. The SMILES string of the molecule is NC(=O)c1nn(-c2nc[nH]c(=O)c2N)cc1N. The number of nitrogens with zero attached hydrogens (tertiary/aromatic N) is 3. The average molecular weight is 235 g/mol. The Bertz CT molecular complexity index is 642. The lowest BCUT2D eigenvalue weighted by Gasteiger charge is -2.01. The Kier molecular flexibility index (Phi) is 2.28. The topological polar surface area (TPSA) is 159 Å². The van der Waals surface area contributed by atoms with Gasteiger partial charge in [-0.25, -0.2) is 9.67 Å². The number of amides is 1. The summed E-state index contributed by atoms with van der Waals surface area (Å²) in [5.41, 5.74) is 15.4. The molecule has 9 nitrogen and oxygen atoms in total. The molecule has 2 heterocycles. The molecule has 2 rings (SSSR count). The van der Waals surface area contributed by atoms with Gasteiger partial charge in [0.2, 0.25) is 0 Å². The summed E-state index contributed by atoms with van der Waals surface area (Å²) in [4.78, 5) is 28.4. The fourth-order valence-electron chi connectivity index (χ4n) is 1.27. The third-order valence-electron chi connectivity index (χ3n) is 2.06. The van der Waals surface area contributed by atoms with Crippen molar-refractivity contribution in [2.75, 3.05) is 11.5 Å². The first kappa shape index (κ1) is 10.7. The smallest absolute Gasteiger partial charge is 0.276 e. The van der Waals surface area contributed by atoms with Crippen LogP contribution in [0.1, 0.15) is 10.5 Å². The predicted molar refractivity (Wildman–Crippen MR) is 59.3 cm³/mol. The van der Waals surface area contributed by atoms with Crippen molar-refractivity contribution in [2.45, 2.75) is 0 Å². The maximum Gasteiger partial charge on any atom is 0.276 e. The molecular formula is C8H9N7O2. The fraction of sp³-hybridized carbons (Fsp3) is 0. The second kappa shape index (κ2) is 3.63. The van der Waals surface area contributed by atoms with Gasteiger partial charge in [0.25, 0.3) is 11.5 Å². The number of hydrogen-bond acceptors (Lipinski definition) is 6. The lowest BCUT2D eigenvalue weighted by molar-refractivity contribution is 0.0996. The minimum absolute atomic E-state index is 0.0768. The van der Waals surface area contributed by atoms with Crippen LogP contribution < -0.4 is 22.8 Å². The van der Waals surface area contributed by atoms with Gasteiger partial charge in [-0.1, -0.05) is 0 Å². The van der Waals surface area contributed by atoms with E-state index >= 15 is 0 Å². The van der Waals surface area contributed by atoms with Crippen molar-refractivity contribution in [1.82, 2.24) is 19.7 Å². The Morgan fingerprint density at radius 1 is 1.41 bits per heavy atom. The van der Waals surface area contributed by atoms with Crippen LogP contribution in [0.2, 0.25) is 0 Å². The first-order valence-corrected chi connectivity index (χ1v) is 4.49. The molecule has 0 bridgehead atoms. The zero-order valence-electron chi connectivity index (χ0n) is 8.54. The van der Waals surface area contributed by atoms with Gasteiger partial charge in [-0.2, -0.15) is 5.10 Å². The van der Waals surface area contributed by atoms with Crippen LogP contribution in [0, 0.1) is 0 Å². The maximum atomic E-state index is 11.3. The molecule has 2 aromatic rings. The van der Waals surface area contributed by atoms with Gasteiger partial charge in [0, 0.05) is 0 Å². The van der Waals surface area contributed by atoms with Gasteiger partial charge in [-0.3, -0.25) is 9.59 Å². The summed E-state index contributed by atoms with van der Waals surface area (Å²) in [5, 5.41) is 3.80. The Morgan fingerprint density at radius 3 is 2.71 bits per heavy atom. The van der Waals surface area contributed by atoms with Gasteiger partial charge in [-0.05, 0) is 0 Å². The van der Waals surface area contributed by atoms with Gasteiger partial charge >= 0.3 is 0 Å². The van der Waals surface area contributed by atoms with Crippen molar-refractivity contribution in [3.05, 3.63) is 28.6 Å². The molecule has 7 N–H and O–H groups in total. The van der Waals surface area contributed by atoms with Crippen molar-refractivity contribution in [1.29, 1.82) is 0 Å². The van der Waals surface area contributed by atoms with Crippen molar-refractivity contribution >= 4 is 17.3 Å². The van der Waals surface area contributed by atoms with Crippen molar-refractivity contribution < 1.29 is 4.79 Å². The molecule has 0 spiro atoms. The minimum atomic E-state index is -0.773. The highest BCUT2D eigenvalue weighted by atomic mass is 16.1. The Morgan fingerprint density at radius 2 is 2.12 bits per heavy atom. The zero-order chi connectivity index (χ0) is 12.6. The molecule has 2 aromatic heterocycles. The number of aromatic amines is 1. The van der Waals surface area contributed by atoms with E-state index in [1.165, 1.54) is 6.20 Å². The highest BCUT2D eigenvalue weighted by Crippen LogP contribution is 2.13. The van der Waals surface area contributed by atoms with E-state index in [1.807, 2.05) is 0 Å². The maximum absolute atomic E-state index is 11.3. The second-order valence-corrected chi connectivity index (χ2v) is 3.21. The number of nitrogen functional groups attached to an aromatic ring is 2. The third kappa shape index (κ3) is 1.69. The highest BCUT2D eigenvalue weighted by Gasteiger charge is 2.15. The van der Waals surface area contributed by atoms with Crippen LogP contribution in [-0.4, -0.2) is 25.7 Å². The predicted octanol–water partition coefficient (Wildman–Crippen LogP) is -1.78. The normalized spacial score (nSPS) is 10.4. The van der Waals surface area contributed by atoms with Crippen LogP contribution >= 0.6 is 0 Å². The van der Waals surface area contributed by atoms with E-state index in [2.05, 4.69) is 15.1 Å². The molecule has 0 aliphatic rings. The van der Waals surface area contributed by atoms with Crippen LogP contribution in [0.3, 0.4) is 0 Å². The summed E-state index contributed by atoms with van der Waals surface area (Å²) < 4.78 is 1.12. The Balaban J connectivity index is 2.62. The molecule has 0 unspecified atom stereocenters. The lowest BCUT2D eigenvalue weighted by atomic mass is 10.4. The van der Waals surface area contributed by atoms with Crippen LogP contribution in [0.4, 0.5) is 11.4 Å². The largest absolute Gasteiger partial charge is 0.396 e. The first-order valence-electron chi connectivity index (χ1n) is 4.49. The highest BCUT2D eigenvalue weighted by molar-refractivity contribution is 5.95. The van der Waals surface area contributed by atoms with Gasteiger partial charge in [-0.15, -0.1) is 0 Å². The second-order valence-electron chi connectivity index (χ2n) is 3.21. The quantitative estimate of drug-likeness (QED) is 0.481. The van der Waals surface area contributed by atoms with Crippen molar-refractivity contribution in [3.8, 4) is 5.82 Å². The number of anilines is 2. The molecule has 0 aromatic carbocycles. The van der Waals surface area contributed by atoms with Gasteiger partial charge in [0.1, 0.15) is 5.69 Å².